The van der Waals surface area contributed by atoms with Crippen LogP contribution in [-0.4, -0.2) is 20.7 Å². The predicted octanol–water partition coefficient (Wildman–Crippen LogP) is 3.26. The Morgan fingerprint density at radius 2 is 2.00 bits per heavy atom. The molecule has 1 unspecified atom stereocenters. The topological polar surface area (TPSA) is 77.3 Å². The quantitative estimate of drug-likeness (QED) is 0.481. The van der Waals surface area contributed by atoms with Gasteiger partial charge in [0, 0.05) is 21.4 Å². The minimum Gasteiger partial charge on any atom is -0.293 e. The molecule has 0 aliphatic rings. The van der Waals surface area contributed by atoms with Crippen LogP contribution in [0.1, 0.15) is 20.1 Å². The van der Waals surface area contributed by atoms with Gasteiger partial charge in [0.25, 0.3) is 5.69 Å². The average Bonchev–Trinajstić information content (AvgIpc) is 2.77. The first kappa shape index (κ1) is 15.5. The summed E-state index contributed by atoms with van der Waals surface area (Å²) in [6.07, 6.45) is 0. The Hall–Kier alpha value is -1.86. The summed E-state index contributed by atoms with van der Waals surface area (Å²) < 4.78 is 12.3. The molecule has 7 heteroatoms. The molecule has 0 aliphatic carbocycles. The molecule has 1 heterocycles. The van der Waals surface area contributed by atoms with E-state index in [1.807, 2.05) is 13.8 Å². The number of benzene rings is 1. The molecule has 110 valence electrons. The third-order valence-corrected chi connectivity index (χ3v) is 5.24. The first-order valence-corrected chi connectivity index (χ1v) is 8.25. The van der Waals surface area contributed by atoms with Gasteiger partial charge in [-0.25, -0.2) is 0 Å². The van der Waals surface area contributed by atoms with Gasteiger partial charge in [-0.05, 0) is 26.0 Å². The van der Waals surface area contributed by atoms with E-state index in [9.17, 15) is 19.1 Å². The lowest BCUT2D eigenvalue weighted by Crippen LogP contribution is -2.12. The normalized spacial score (nSPS) is 12.1. The van der Waals surface area contributed by atoms with Gasteiger partial charge in [0.05, 0.1) is 21.5 Å². The number of hydrogen-bond donors (Lipinski definition) is 0. The molecular weight excluding hydrogens is 310 g/mol. The molecule has 0 spiro atoms. The second-order valence-corrected chi connectivity index (χ2v) is 7.34. The molecule has 2 rings (SSSR count). The lowest BCUT2D eigenvalue weighted by Gasteiger charge is -2.03. The summed E-state index contributed by atoms with van der Waals surface area (Å²) in [4.78, 5) is 24.5. The van der Waals surface area contributed by atoms with Gasteiger partial charge in [0.15, 0.2) is 5.78 Å². The highest BCUT2D eigenvalue weighted by atomic mass is 32.2. The molecule has 0 aliphatic heterocycles. The molecule has 1 aromatic carbocycles. The third kappa shape index (κ3) is 3.43. The van der Waals surface area contributed by atoms with E-state index >= 15 is 0 Å². The molecule has 2 aromatic rings. The summed E-state index contributed by atoms with van der Waals surface area (Å²) in [7, 11) is -1.73. The van der Waals surface area contributed by atoms with Crippen molar-refractivity contribution in [1.82, 2.24) is 0 Å². The maximum absolute atomic E-state index is 12.3. The van der Waals surface area contributed by atoms with Crippen LogP contribution in [-0.2, 0) is 10.8 Å². The fourth-order valence-electron chi connectivity index (χ4n) is 1.98. The summed E-state index contributed by atoms with van der Waals surface area (Å²) in [6, 6.07) is 7.56. The van der Waals surface area contributed by atoms with E-state index in [4.69, 9.17) is 0 Å². The number of nitro groups is 1. The van der Waals surface area contributed by atoms with Crippen LogP contribution < -0.4 is 0 Å². The molecule has 0 N–H and O–H groups in total. The second-order valence-electron chi connectivity index (χ2n) is 4.46. The molecule has 0 bridgehead atoms. The van der Waals surface area contributed by atoms with Gasteiger partial charge >= 0.3 is 0 Å². The summed E-state index contributed by atoms with van der Waals surface area (Å²) in [6.45, 7) is 3.73. The Morgan fingerprint density at radius 1 is 1.33 bits per heavy atom. The third-order valence-electron chi connectivity index (χ3n) is 2.91. The van der Waals surface area contributed by atoms with Crippen molar-refractivity contribution in [3.63, 3.8) is 0 Å². The van der Waals surface area contributed by atoms with E-state index in [0.717, 1.165) is 9.75 Å². The number of carbonyl (C=O) groups excluding carboxylic acids is 1. The van der Waals surface area contributed by atoms with Gasteiger partial charge in [0.2, 0.25) is 0 Å². The number of hydrogen-bond acceptors (Lipinski definition) is 5. The molecule has 1 atom stereocenters. The summed E-state index contributed by atoms with van der Waals surface area (Å²) in [5, 5.41) is 10.9. The zero-order chi connectivity index (χ0) is 15.6. The molecule has 0 saturated carbocycles. The van der Waals surface area contributed by atoms with E-state index in [-0.39, 0.29) is 22.1 Å². The van der Waals surface area contributed by atoms with Gasteiger partial charge < -0.3 is 0 Å². The highest BCUT2D eigenvalue weighted by Crippen LogP contribution is 2.24. The van der Waals surface area contributed by atoms with Crippen LogP contribution in [0.15, 0.2) is 35.2 Å². The summed E-state index contributed by atoms with van der Waals surface area (Å²) in [5.41, 5.74) is 0.325. The fourth-order valence-corrected chi connectivity index (χ4v) is 4.08. The molecule has 0 fully saturated rings. The zero-order valence-corrected chi connectivity index (χ0v) is 13.1. The molecule has 5 nitrogen and oxygen atoms in total. The van der Waals surface area contributed by atoms with Gasteiger partial charge in [-0.3, -0.25) is 19.1 Å². The van der Waals surface area contributed by atoms with E-state index in [1.54, 1.807) is 12.1 Å². The lowest BCUT2D eigenvalue weighted by atomic mass is 10.2. The van der Waals surface area contributed by atoms with Crippen LogP contribution in [0.25, 0.3) is 0 Å². The predicted molar refractivity (Wildman–Crippen MR) is 82.5 cm³/mol. The van der Waals surface area contributed by atoms with Gasteiger partial charge in [-0.15, -0.1) is 11.3 Å². The molecule has 0 amide bonds. The zero-order valence-electron chi connectivity index (χ0n) is 11.5. The highest BCUT2D eigenvalue weighted by Gasteiger charge is 2.22. The number of carbonyl (C=O) groups is 1. The Labute approximate surface area is 128 Å². The molecule has 21 heavy (non-hydrogen) atoms. The highest BCUT2D eigenvalue weighted by molar-refractivity contribution is 7.86. The minimum atomic E-state index is -1.73. The smallest absolute Gasteiger partial charge is 0.285 e. The van der Waals surface area contributed by atoms with Crippen molar-refractivity contribution < 1.29 is 13.9 Å². The number of ketones is 1. The summed E-state index contributed by atoms with van der Waals surface area (Å²) >= 11 is 1.50. The van der Waals surface area contributed by atoms with Crippen molar-refractivity contribution in [3.05, 3.63) is 55.8 Å². The van der Waals surface area contributed by atoms with Crippen molar-refractivity contribution in [2.75, 3.05) is 5.75 Å². The lowest BCUT2D eigenvalue weighted by molar-refractivity contribution is -0.387. The van der Waals surface area contributed by atoms with Crippen LogP contribution in [0.4, 0.5) is 5.69 Å². The number of nitrogens with zero attached hydrogens (tertiary/aromatic N) is 1. The van der Waals surface area contributed by atoms with Gasteiger partial charge in [0.1, 0.15) is 4.90 Å². The van der Waals surface area contributed by atoms with E-state index in [1.165, 1.54) is 29.5 Å². The Kier molecular flexibility index (Phi) is 4.64. The second kappa shape index (κ2) is 6.28. The van der Waals surface area contributed by atoms with Crippen LogP contribution in [0.5, 0.6) is 0 Å². The van der Waals surface area contributed by atoms with Gasteiger partial charge in [-0.1, -0.05) is 12.1 Å². The fraction of sp³-hybridized carbons (Fsp3) is 0.214. The van der Waals surface area contributed by atoms with Crippen molar-refractivity contribution in [2.45, 2.75) is 18.7 Å². The van der Waals surface area contributed by atoms with Crippen molar-refractivity contribution in [1.29, 1.82) is 0 Å². The number of rotatable bonds is 5. The van der Waals surface area contributed by atoms with Gasteiger partial charge in [-0.2, -0.15) is 0 Å². The molecule has 1 aromatic heterocycles. The average molecular weight is 323 g/mol. The van der Waals surface area contributed by atoms with Crippen LogP contribution in [0, 0.1) is 24.0 Å². The number of nitro benzene ring substituents is 1. The van der Waals surface area contributed by atoms with E-state index in [2.05, 4.69) is 0 Å². The molecule has 0 radical (unpaired) electrons. The Morgan fingerprint density at radius 3 is 2.57 bits per heavy atom. The Balaban J connectivity index is 2.25. The number of aryl methyl sites for hydroxylation is 2. The van der Waals surface area contributed by atoms with E-state index in [0.29, 0.717) is 5.56 Å². The molecular formula is C14H13NO4S2. The minimum absolute atomic E-state index is 0.0838. The van der Waals surface area contributed by atoms with Crippen molar-refractivity contribution >= 4 is 33.6 Å². The van der Waals surface area contributed by atoms with Crippen LogP contribution in [0.3, 0.4) is 0 Å². The number of Topliss-reactive ketones (excluding diaryl/α,β-unsaturated/α-hetero) is 1. The van der Waals surface area contributed by atoms with Crippen molar-refractivity contribution in [3.8, 4) is 0 Å². The first-order chi connectivity index (χ1) is 9.90. The largest absolute Gasteiger partial charge is 0.293 e. The van der Waals surface area contributed by atoms with Crippen LogP contribution in [0.2, 0.25) is 0 Å². The molecule has 0 saturated heterocycles. The monoisotopic (exact) mass is 323 g/mol. The SMILES string of the molecule is Cc1cc(C(=O)CS(=O)c2ccccc2[N+](=O)[O-])c(C)s1. The van der Waals surface area contributed by atoms with Crippen molar-refractivity contribution in [2.24, 2.45) is 0 Å². The maximum atomic E-state index is 12.3. The van der Waals surface area contributed by atoms with E-state index < -0.39 is 15.7 Å². The number of para-hydroxylation sites is 1. The first-order valence-electron chi connectivity index (χ1n) is 6.12. The maximum Gasteiger partial charge on any atom is 0.285 e. The summed E-state index contributed by atoms with van der Waals surface area (Å²) in [5.74, 6) is -0.504. The Bertz CT molecular complexity index is 736. The van der Waals surface area contributed by atoms with Crippen LogP contribution >= 0.6 is 11.3 Å². The number of thiophene rings is 1. The standard InChI is InChI=1S/C14H13NO4S2/c1-9-7-11(10(2)20-9)13(16)8-21(19)14-6-4-3-5-12(14)15(17)18/h3-7H,8H2,1-2H3.